The van der Waals surface area contributed by atoms with Gasteiger partial charge in [0.2, 0.25) is 11.7 Å². The Hall–Kier alpha value is -4.16. The lowest BCUT2D eigenvalue weighted by atomic mass is 10.1. The lowest BCUT2D eigenvalue weighted by molar-refractivity contribution is -0.121. The zero-order valence-electron chi connectivity index (χ0n) is 17.9. The predicted octanol–water partition coefficient (Wildman–Crippen LogP) is 4.95. The average Bonchev–Trinajstić information content (AvgIpc) is 2.85. The molecule has 164 valence electrons. The Labute approximate surface area is 186 Å². The Balaban J connectivity index is 1.99. The highest BCUT2D eigenvalue weighted by Crippen LogP contribution is 2.41. The third-order valence-corrected chi connectivity index (χ3v) is 4.70. The average molecular weight is 432 g/mol. The van der Waals surface area contributed by atoms with Gasteiger partial charge in [-0.15, -0.1) is 0 Å². The number of nitrogens with one attached hydrogen (secondary N) is 1. The number of nitrogens with zero attached hydrogens (tertiary/aromatic N) is 3. The predicted molar refractivity (Wildman–Crippen MR) is 120 cm³/mol. The van der Waals surface area contributed by atoms with Crippen LogP contribution in [0.5, 0.6) is 17.2 Å². The maximum absolute atomic E-state index is 12.3. The summed E-state index contributed by atoms with van der Waals surface area (Å²) in [7, 11) is 2.99. The van der Waals surface area contributed by atoms with E-state index in [0.29, 0.717) is 22.8 Å². The van der Waals surface area contributed by atoms with Crippen molar-refractivity contribution < 1.29 is 19.0 Å². The van der Waals surface area contributed by atoms with Crippen LogP contribution in [0.1, 0.15) is 22.7 Å². The SMILES string of the molecule is CNC(=O)[C@H](N=[N+]=[N-])c1cc(OCc2ccccc2)c(OC)c(OCc2ccccc2)c1. The molecule has 0 aliphatic heterocycles. The molecule has 0 aromatic heterocycles. The van der Waals surface area contributed by atoms with Crippen molar-refractivity contribution in [2.45, 2.75) is 19.3 Å². The number of hydrogen-bond acceptors (Lipinski definition) is 5. The third-order valence-electron chi connectivity index (χ3n) is 4.70. The molecular weight excluding hydrogens is 408 g/mol. The molecule has 0 saturated carbocycles. The fourth-order valence-electron chi connectivity index (χ4n) is 3.10. The highest BCUT2D eigenvalue weighted by atomic mass is 16.5. The second-order valence-electron chi connectivity index (χ2n) is 6.82. The molecule has 3 aromatic rings. The highest BCUT2D eigenvalue weighted by Gasteiger charge is 2.23. The summed E-state index contributed by atoms with van der Waals surface area (Å²) < 4.78 is 17.6. The number of benzene rings is 3. The molecule has 0 aliphatic rings. The van der Waals surface area contributed by atoms with Crippen molar-refractivity contribution in [3.8, 4) is 17.2 Å². The molecule has 8 heteroatoms. The fraction of sp³-hybridized carbons (Fsp3) is 0.208. The minimum atomic E-state index is -1.09. The van der Waals surface area contributed by atoms with Crippen LogP contribution in [0.2, 0.25) is 0 Å². The van der Waals surface area contributed by atoms with E-state index in [4.69, 9.17) is 19.7 Å². The normalized spacial score (nSPS) is 11.1. The molecule has 1 atom stereocenters. The number of likely N-dealkylation sites (N-methyl/N-ethyl adjacent to an activating group) is 1. The molecule has 0 saturated heterocycles. The van der Waals surface area contributed by atoms with Gasteiger partial charge in [-0.1, -0.05) is 65.8 Å². The van der Waals surface area contributed by atoms with Gasteiger partial charge in [0, 0.05) is 12.0 Å². The molecule has 0 bridgehead atoms. The minimum Gasteiger partial charge on any atom is -0.490 e. The van der Waals surface area contributed by atoms with Crippen molar-refractivity contribution in [3.05, 3.63) is 99.9 Å². The Kier molecular flexibility index (Phi) is 7.95. The quantitative estimate of drug-likeness (QED) is 0.278. The number of carbonyl (C=O) groups excluding carboxylic acids is 1. The third kappa shape index (κ3) is 5.71. The van der Waals surface area contributed by atoms with E-state index < -0.39 is 11.9 Å². The van der Waals surface area contributed by atoms with Crippen LogP contribution in [0.4, 0.5) is 0 Å². The van der Waals surface area contributed by atoms with Gasteiger partial charge in [-0.05, 0) is 34.4 Å². The molecule has 32 heavy (non-hydrogen) atoms. The number of carbonyl (C=O) groups is 1. The van der Waals surface area contributed by atoms with E-state index in [0.717, 1.165) is 11.1 Å². The minimum absolute atomic E-state index is 0.283. The molecule has 0 heterocycles. The van der Waals surface area contributed by atoms with Gasteiger partial charge in [0.1, 0.15) is 19.3 Å². The van der Waals surface area contributed by atoms with Crippen LogP contribution in [0.3, 0.4) is 0 Å². The van der Waals surface area contributed by atoms with Crippen LogP contribution in [0.25, 0.3) is 10.4 Å². The van der Waals surface area contributed by atoms with Crippen LogP contribution in [0.15, 0.2) is 77.9 Å². The summed E-state index contributed by atoms with van der Waals surface area (Å²) in [6, 6.07) is 21.5. The van der Waals surface area contributed by atoms with Gasteiger partial charge in [0.15, 0.2) is 11.5 Å². The van der Waals surface area contributed by atoms with Gasteiger partial charge in [-0.3, -0.25) is 4.79 Å². The molecule has 3 rings (SSSR count). The molecule has 1 amide bonds. The summed E-state index contributed by atoms with van der Waals surface area (Å²) in [5.74, 6) is 0.686. The maximum Gasteiger partial charge on any atom is 0.233 e. The highest BCUT2D eigenvalue weighted by molar-refractivity contribution is 5.83. The van der Waals surface area contributed by atoms with Crippen molar-refractivity contribution in [1.82, 2.24) is 5.32 Å². The molecule has 0 fully saturated rings. The monoisotopic (exact) mass is 432 g/mol. The van der Waals surface area contributed by atoms with E-state index in [-0.39, 0.29) is 13.2 Å². The Morgan fingerprint density at radius 3 is 1.88 bits per heavy atom. The molecule has 0 unspecified atom stereocenters. The van der Waals surface area contributed by atoms with E-state index >= 15 is 0 Å². The standard InChI is InChI=1S/C24H24N4O4/c1-26-24(29)22(27-28-25)19-13-20(31-15-17-9-5-3-6-10-17)23(30-2)21(14-19)32-16-18-11-7-4-8-12-18/h3-14,22H,15-16H2,1-2H3,(H,26,29)/t22-/m1/s1. The van der Waals surface area contributed by atoms with E-state index in [1.807, 2.05) is 60.7 Å². The van der Waals surface area contributed by atoms with Crippen molar-refractivity contribution in [2.24, 2.45) is 5.11 Å². The summed E-state index contributed by atoms with van der Waals surface area (Å²) in [5.41, 5.74) is 11.3. The van der Waals surface area contributed by atoms with Crippen LogP contribution < -0.4 is 19.5 Å². The van der Waals surface area contributed by atoms with Crippen LogP contribution in [-0.4, -0.2) is 20.1 Å². The molecule has 0 radical (unpaired) electrons. The first-order valence-corrected chi connectivity index (χ1v) is 9.97. The maximum atomic E-state index is 12.3. The van der Waals surface area contributed by atoms with Gasteiger partial charge < -0.3 is 19.5 Å². The number of hydrogen-bond donors (Lipinski definition) is 1. The van der Waals surface area contributed by atoms with E-state index in [1.54, 1.807) is 12.1 Å². The number of amides is 1. The Morgan fingerprint density at radius 1 is 0.969 bits per heavy atom. The van der Waals surface area contributed by atoms with Gasteiger partial charge in [-0.2, -0.15) is 0 Å². The number of rotatable bonds is 10. The van der Waals surface area contributed by atoms with Gasteiger partial charge in [0.25, 0.3) is 0 Å². The molecule has 3 aromatic carbocycles. The van der Waals surface area contributed by atoms with Gasteiger partial charge >= 0.3 is 0 Å². The zero-order valence-corrected chi connectivity index (χ0v) is 17.9. The fourth-order valence-corrected chi connectivity index (χ4v) is 3.10. The molecule has 8 nitrogen and oxygen atoms in total. The molecular formula is C24H24N4O4. The lowest BCUT2D eigenvalue weighted by Gasteiger charge is -2.19. The van der Waals surface area contributed by atoms with Crippen molar-refractivity contribution in [1.29, 1.82) is 0 Å². The van der Waals surface area contributed by atoms with E-state index in [9.17, 15) is 4.79 Å². The Morgan fingerprint density at radius 2 is 1.47 bits per heavy atom. The number of methoxy groups -OCH3 is 1. The molecule has 0 aliphatic carbocycles. The van der Waals surface area contributed by atoms with Gasteiger partial charge in [0.05, 0.1) is 7.11 Å². The molecule has 0 spiro atoms. The second kappa shape index (κ2) is 11.3. The molecule has 1 N–H and O–H groups in total. The zero-order chi connectivity index (χ0) is 22.8. The summed E-state index contributed by atoms with van der Waals surface area (Å²) >= 11 is 0. The second-order valence-corrected chi connectivity index (χ2v) is 6.82. The summed E-state index contributed by atoms with van der Waals surface area (Å²) in [5, 5.41) is 6.17. The van der Waals surface area contributed by atoms with Crippen LogP contribution in [0, 0.1) is 0 Å². The van der Waals surface area contributed by atoms with Crippen LogP contribution in [-0.2, 0) is 18.0 Å². The van der Waals surface area contributed by atoms with Crippen LogP contribution >= 0.6 is 0 Å². The van der Waals surface area contributed by atoms with Gasteiger partial charge in [-0.25, -0.2) is 0 Å². The van der Waals surface area contributed by atoms with Crippen molar-refractivity contribution >= 4 is 5.91 Å². The Bertz CT molecular complexity index is 1020. The number of ether oxygens (including phenoxy) is 3. The first-order valence-electron chi connectivity index (χ1n) is 9.97. The van der Waals surface area contributed by atoms with E-state index in [1.165, 1.54) is 14.2 Å². The topological polar surface area (TPSA) is 106 Å². The van der Waals surface area contributed by atoms with E-state index in [2.05, 4.69) is 15.3 Å². The largest absolute Gasteiger partial charge is 0.490 e. The van der Waals surface area contributed by atoms with Crippen molar-refractivity contribution in [3.63, 3.8) is 0 Å². The number of azide groups is 1. The first kappa shape index (κ1) is 22.5. The summed E-state index contributed by atoms with van der Waals surface area (Å²) in [6.07, 6.45) is 0. The lowest BCUT2D eigenvalue weighted by Crippen LogP contribution is -2.24. The summed E-state index contributed by atoms with van der Waals surface area (Å²) in [6.45, 7) is 0.565. The smallest absolute Gasteiger partial charge is 0.233 e. The first-order chi connectivity index (χ1) is 15.7. The summed E-state index contributed by atoms with van der Waals surface area (Å²) in [4.78, 5) is 15.2. The van der Waals surface area contributed by atoms with Crippen molar-refractivity contribution in [2.75, 3.05) is 14.2 Å².